The molecule has 1 aromatic heterocycles. The summed E-state index contributed by atoms with van der Waals surface area (Å²) in [5.74, 6) is 1.46. The Morgan fingerprint density at radius 1 is 0.976 bits per heavy atom. The van der Waals surface area contributed by atoms with Crippen molar-refractivity contribution in [2.75, 3.05) is 18.0 Å². The topological polar surface area (TPSA) is 84.7 Å². The summed E-state index contributed by atoms with van der Waals surface area (Å²) in [7, 11) is 1.98. The van der Waals surface area contributed by atoms with Crippen LogP contribution in [0.2, 0.25) is 0 Å². The van der Waals surface area contributed by atoms with Crippen molar-refractivity contribution in [2.45, 2.75) is 104 Å². The van der Waals surface area contributed by atoms with E-state index in [1.165, 1.54) is 16.8 Å². The summed E-state index contributed by atoms with van der Waals surface area (Å²) in [4.78, 5) is 42.8. The van der Waals surface area contributed by atoms with E-state index in [0.717, 1.165) is 62.6 Å². The molecule has 0 radical (unpaired) electrons. The summed E-state index contributed by atoms with van der Waals surface area (Å²) < 4.78 is 7.43. The lowest BCUT2D eigenvalue weighted by Crippen LogP contribution is -2.42. The maximum atomic E-state index is 13.9. The van der Waals surface area contributed by atoms with Gasteiger partial charge in [0.15, 0.2) is 0 Å². The van der Waals surface area contributed by atoms with Gasteiger partial charge in [-0.3, -0.25) is 14.3 Å². The Morgan fingerprint density at radius 3 is 2.38 bits per heavy atom. The monoisotopic (exact) mass is 576 g/mol. The molecule has 8 nitrogen and oxygen atoms in total. The van der Waals surface area contributed by atoms with E-state index in [-0.39, 0.29) is 17.9 Å². The molecule has 0 bridgehead atoms. The van der Waals surface area contributed by atoms with Crippen LogP contribution < -0.4 is 4.90 Å². The molecule has 1 aliphatic carbocycles. The Balaban J connectivity index is 1.08. The average molecular weight is 577 g/mol. The standard InChI is InChI=1S/C34H48N4O4/c1-23-6-13-30-27(18-23)20-31-28(21-35-36(31)5)22-38(30)32(40)26-10-7-24(8-11-26)9-12-29(39)19-25-14-16-37(17-15-25)33(41)42-34(2,3)4/h6,13,18,21,24-26H,7-12,14-17,19-20,22H2,1-5H3. The molecule has 3 heterocycles. The number of hydrogen-bond donors (Lipinski definition) is 0. The van der Waals surface area contributed by atoms with Gasteiger partial charge in [-0.2, -0.15) is 5.10 Å². The molecular weight excluding hydrogens is 528 g/mol. The molecule has 2 aromatic rings. The third-order valence-corrected chi connectivity index (χ3v) is 9.44. The minimum Gasteiger partial charge on any atom is -0.444 e. The summed E-state index contributed by atoms with van der Waals surface area (Å²) in [5.41, 5.74) is 5.24. The average Bonchev–Trinajstić information content (AvgIpc) is 3.19. The van der Waals surface area contributed by atoms with E-state index in [2.05, 4.69) is 30.2 Å². The number of benzene rings is 1. The smallest absolute Gasteiger partial charge is 0.410 e. The summed E-state index contributed by atoms with van der Waals surface area (Å²) in [5, 5.41) is 4.48. The van der Waals surface area contributed by atoms with Crippen molar-refractivity contribution in [2.24, 2.45) is 24.8 Å². The van der Waals surface area contributed by atoms with E-state index in [1.54, 1.807) is 4.90 Å². The summed E-state index contributed by atoms with van der Waals surface area (Å²) in [6, 6.07) is 6.42. The molecule has 228 valence electrons. The quantitative estimate of drug-likeness (QED) is 0.400. The highest BCUT2D eigenvalue weighted by Crippen LogP contribution is 2.37. The molecule has 3 aliphatic rings. The van der Waals surface area contributed by atoms with Gasteiger partial charge in [0.1, 0.15) is 11.4 Å². The van der Waals surface area contributed by atoms with Crippen LogP contribution in [0.25, 0.3) is 0 Å². The van der Waals surface area contributed by atoms with Gasteiger partial charge in [0.25, 0.3) is 0 Å². The zero-order valence-corrected chi connectivity index (χ0v) is 26.2. The van der Waals surface area contributed by atoms with Gasteiger partial charge in [-0.1, -0.05) is 17.7 Å². The first-order valence-electron chi connectivity index (χ1n) is 15.9. The van der Waals surface area contributed by atoms with Crippen LogP contribution in [-0.4, -0.2) is 51.2 Å². The zero-order valence-electron chi connectivity index (χ0n) is 26.2. The third kappa shape index (κ3) is 7.24. The number of ether oxygens (including phenoxy) is 1. The van der Waals surface area contributed by atoms with Gasteiger partial charge in [-0.05, 0) is 96.1 Å². The second-order valence-corrected chi connectivity index (χ2v) is 13.9. The number of aromatic nitrogens is 2. The van der Waals surface area contributed by atoms with Crippen molar-refractivity contribution < 1.29 is 19.1 Å². The Bertz CT molecular complexity index is 1290. The highest BCUT2D eigenvalue weighted by molar-refractivity contribution is 5.96. The lowest BCUT2D eigenvalue weighted by molar-refractivity contribution is -0.124. The fourth-order valence-corrected chi connectivity index (χ4v) is 6.97. The largest absolute Gasteiger partial charge is 0.444 e. The van der Waals surface area contributed by atoms with Gasteiger partial charge in [0.2, 0.25) is 5.91 Å². The van der Waals surface area contributed by atoms with Crippen LogP contribution in [0.3, 0.4) is 0 Å². The number of fused-ring (bicyclic) bond motifs is 2. The van der Waals surface area contributed by atoms with Crippen LogP contribution in [-0.2, 0) is 34.3 Å². The Labute approximate surface area is 250 Å². The predicted molar refractivity (Wildman–Crippen MR) is 163 cm³/mol. The molecule has 1 saturated carbocycles. The van der Waals surface area contributed by atoms with Crippen LogP contribution in [0.1, 0.15) is 101 Å². The SMILES string of the molecule is Cc1ccc2c(c1)Cc1c(cnn1C)CN2C(=O)C1CCC(CCC(=O)CC2CCN(C(=O)OC(C)(C)C)CC2)CC1. The molecule has 5 rings (SSSR count). The van der Waals surface area contributed by atoms with E-state index in [9.17, 15) is 14.4 Å². The van der Waals surface area contributed by atoms with Crippen molar-refractivity contribution in [3.05, 3.63) is 46.8 Å². The first-order chi connectivity index (χ1) is 20.0. The van der Waals surface area contributed by atoms with Gasteiger partial charge in [-0.15, -0.1) is 0 Å². The lowest BCUT2D eigenvalue weighted by atomic mass is 9.78. The maximum Gasteiger partial charge on any atom is 0.410 e. The van der Waals surface area contributed by atoms with E-state index >= 15 is 0 Å². The Morgan fingerprint density at radius 2 is 1.69 bits per heavy atom. The molecule has 8 heteroatoms. The van der Waals surface area contributed by atoms with Crippen LogP contribution >= 0.6 is 0 Å². The fraction of sp³-hybridized carbons (Fsp3) is 0.647. The van der Waals surface area contributed by atoms with Gasteiger partial charge in [0, 0.05) is 62.3 Å². The number of anilines is 1. The second kappa shape index (κ2) is 12.6. The third-order valence-electron chi connectivity index (χ3n) is 9.44. The molecule has 0 unspecified atom stereocenters. The van der Waals surface area contributed by atoms with Crippen molar-refractivity contribution in [1.82, 2.24) is 14.7 Å². The minimum absolute atomic E-state index is 0.0273. The minimum atomic E-state index is -0.488. The fourth-order valence-electron chi connectivity index (χ4n) is 6.97. The normalized spacial score (nSPS) is 21.4. The van der Waals surface area contributed by atoms with Gasteiger partial charge >= 0.3 is 6.09 Å². The van der Waals surface area contributed by atoms with Crippen LogP contribution in [0.5, 0.6) is 0 Å². The summed E-state index contributed by atoms with van der Waals surface area (Å²) in [6.07, 6.45) is 10.1. The predicted octanol–water partition coefficient (Wildman–Crippen LogP) is 6.36. The molecule has 2 fully saturated rings. The highest BCUT2D eigenvalue weighted by Gasteiger charge is 2.34. The number of amides is 2. The van der Waals surface area contributed by atoms with Crippen LogP contribution in [0.15, 0.2) is 24.4 Å². The zero-order chi connectivity index (χ0) is 30.0. The number of rotatable bonds is 6. The van der Waals surface area contributed by atoms with E-state index in [4.69, 9.17) is 4.74 Å². The number of piperidine rings is 1. The van der Waals surface area contributed by atoms with Crippen molar-refractivity contribution in [3.63, 3.8) is 0 Å². The lowest BCUT2D eigenvalue weighted by Gasteiger charge is -2.33. The van der Waals surface area contributed by atoms with Crippen molar-refractivity contribution >= 4 is 23.5 Å². The molecule has 2 aliphatic heterocycles. The molecule has 2 amide bonds. The van der Waals surface area contributed by atoms with Crippen molar-refractivity contribution in [3.8, 4) is 0 Å². The molecule has 1 saturated heterocycles. The van der Waals surface area contributed by atoms with Crippen molar-refractivity contribution in [1.29, 1.82) is 0 Å². The number of nitrogens with zero attached hydrogens (tertiary/aromatic N) is 4. The molecule has 0 atom stereocenters. The number of aryl methyl sites for hydroxylation is 2. The molecule has 1 aromatic carbocycles. The Hall–Kier alpha value is -3.16. The van der Waals surface area contributed by atoms with Crippen LogP contribution in [0.4, 0.5) is 10.5 Å². The van der Waals surface area contributed by atoms with Crippen LogP contribution in [0, 0.1) is 24.7 Å². The second-order valence-electron chi connectivity index (χ2n) is 13.9. The number of carbonyl (C=O) groups excluding carboxylic acids is 3. The summed E-state index contributed by atoms with van der Waals surface area (Å²) in [6.45, 7) is 9.64. The first-order valence-corrected chi connectivity index (χ1v) is 15.9. The van der Waals surface area contributed by atoms with E-state index < -0.39 is 5.60 Å². The number of Topliss-reactive ketones (excluding diaryl/α,β-unsaturated/α-hetero) is 1. The molecule has 0 spiro atoms. The summed E-state index contributed by atoms with van der Waals surface area (Å²) >= 11 is 0. The van der Waals surface area contributed by atoms with Gasteiger partial charge in [-0.25, -0.2) is 4.79 Å². The molecule has 42 heavy (non-hydrogen) atoms. The molecular formula is C34H48N4O4. The van der Waals surface area contributed by atoms with E-state index in [0.29, 0.717) is 50.1 Å². The highest BCUT2D eigenvalue weighted by atomic mass is 16.6. The van der Waals surface area contributed by atoms with Gasteiger partial charge in [0.05, 0.1) is 12.7 Å². The number of likely N-dealkylation sites (tertiary alicyclic amines) is 1. The molecule has 0 N–H and O–H groups in total. The van der Waals surface area contributed by atoms with Gasteiger partial charge < -0.3 is 14.5 Å². The Kier molecular flexibility index (Phi) is 9.09. The van der Waals surface area contributed by atoms with E-state index in [1.807, 2.05) is 43.6 Å². The number of hydrogen-bond acceptors (Lipinski definition) is 5. The number of ketones is 1. The first kappa shape index (κ1) is 30.3. The maximum absolute atomic E-state index is 13.9. The number of carbonyl (C=O) groups is 3.